The van der Waals surface area contributed by atoms with E-state index >= 15 is 0 Å². The summed E-state index contributed by atoms with van der Waals surface area (Å²) in [5.41, 5.74) is 0.717. The molecular weight excluding hydrogens is 337 g/mol. The minimum absolute atomic E-state index is 0.168. The maximum atomic E-state index is 13.2. The number of hydrogen-bond acceptors (Lipinski definition) is 4. The molecule has 0 spiro atoms. The Labute approximate surface area is 150 Å². The fourth-order valence-electron chi connectivity index (χ4n) is 2.77. The molecule has 1 N–H and O–H groups in total. The molecule has 0 bridgehead atoms. The molecule has 7 heteroatoms. The molecule has 2 amide bonds. The summed E-state index contributed by atoms with van der Waals surface area (Å²) in [7, 11) is 0. The van der Waals surface area contributed by atoms with Crippen LogP contribution >= 0.6 is 0 Å². The van der Waals surface area contributed by atoms with Crippen molar-refractivity contribution in [3.63, 3.8) is 0 Å². The van der Waals surface area contributed by atoms with Gasteiger partial charge in [-0.1, -0.05) is 12.1 Å². The molecule has 6 nitrogen and oxygen atoms in total. The SMILES string of the molecule is CC(=O)Nc1ccc(C2=NN(C(C)=O)[C@](C)(c3ccc(F)cc3)O2)cc1. The van der Waals surface area contributed by atoms with Crippen LogP contribution in [0.4, 0.5) is 10.1 Å². The molecule has 3 rings (SSSR count). The summed E-state index contributed by atoms with van der Waals surface area (Å²) in [4.78, 5) is 23.2. The normalized spacial score (nSPS) is 18.9. The second-order valence-corrected chi connectivity index (χ2v) is 6.09. The van der Waals surface area contributed by atoms with Gasteiger partial charge in [0.15, 0.2) is 0 Å². The molecule has 26 heavy (non-hydrogen) atoms. The number of nitrogens with one attached hydrogen (secondary N) is 1. The van der Waals surface area contributed by atoms with Gasteiger partial charge >= 0.3 is 0 Å². The van der Waals surface area contributed by atoms with Crippen LogP contribution in [-0.4, -0.2) is 22.7 Å². The average Bonchev–Trinajstić information content (AvgIpc) is 2.95. The molecule has 0 saturated heterocycles. The van der Waals surface area contributed by atoms with Crippen molar-refractivity contribution in [2.45, 2.75) is 26.5 Å². The number of amides is 2. The first-order valence-corrected chi connectivity index (χ1v) is 8.02. The van der Waals surface area contributed by atoms with Gasteiger partial charge in [-0.05, 0) is 36.4 Å². The second kappa shape index (κ2) is 6.59. The van der Waals surface area contributed by atoms with Gasteiger partial charge in [0.05, 0.1) is 0 Å². The standard InChI is InChI=1S/C19H18FN3O3/c1-12(24)21-17-10-4-14(5-11-17)18-22-23(13(2)25)19(3,26-18)15-6-8-16(20)9-7-15/h4-11H,1-3H3,(H,21,24)/t19-/m0/s1. The van der Waals surface area contributed by atoms with Gasteiger partial charge < -0.3 is 10.1 Å². The number of nitrogens with zero attached hydrogens (tertiary/aromatic N) is 2. The lowest BCUT2D eigenvalue weighted by atomic mass is 10.0. The van der Waals surface area contributed by atoms with Crippen LogP contribution < -0.4 is 5.32 Å². The quantitative estimate of drug-likeness (QED) is 0.919. The third-order valence-electron chi connectivity index (χ3n) is 4.02. The van der Waals surface area contributed by atoms with Crippen molar-refractivity contribution in [1.29, 1.82) is 0 Å². The van der Waals surface area contributed by atoms with Crippen LogP contribution in [0, 0.1) is 5.82 Å². The van der Waals surface area contributed by atoms with E-state index in [2.05, 4.69) is 10.4 Å². The van der Waals surface area contributed by atoms with E-state index in [-0.39, 0.29) is 23.5 Å². The zero-order valence-electron chi connectivity index (χ0n) is 14.6. The van der Waals surface area contributed by atoms with E-state index in [4.69, 9.17) is 4.74 Å². The number of anilines is 1. The summed E-state index contributed by atoms with van der Waals surface area (Å²) in [5, 5.41) is 8.21. The molecule has 0 radical (unpaired) electrons. The highest BCUT2D eigenvalue weighted by Crippen LogP contribution is 2.36. The van der Waals surface area contributed by atoms with Gasteiger partial charge in [-0.2, -0.15) is 5.01 Å². The molecule has 134 valence electrons. The minimum atomic E-state index is -1.18. The molecule has 1 atom stereocenters. The minimum Gasteiger partial charge on any atom is -0.443 e. The number of carbonyl (C=O) groups excluding carboxylic acids is 2. The van der Waals surface area contributed by atoms with Gasteiger partial charge in [-0.15, -0.1) is 5.10 Å². The Morgan fingerprint density at radius 3 is 2.23 bits per heavy atom. The Hall–Kier alpha value is -3.22. The first-order valence-electron chi connectivity index (χ1n) is 8.02. The molecule has 0 aromatic heterocycles. The third-order valence-corrected chi connectivity index (χ3v) is 4.02. The van der Waals surface area contributed by atoms with Crippen molar-refractivity contribution in [1.82, 2.24) is 5.01 Å². The summed E-state index contributed by atoms with van der Waals surface area (Å²) in [6, 6.07) is 12.6. The lowest BCUT2D eigenvalue weighted by Gasteiger charge is -2.31. The molecule has 0 saturated carbocycles. The summed E-state index contributed by atoms with van der Waals surface area (Å²) < 4.78 is 19.2. The Morgan fingerprint density at radius 1 is 1.08 bits per heavy atom. The van der Waals surface area contributed by atoms with E-state index in [0.717, 1.165) is 0 Å². The lowest BCUT2D eigenvalue weighted by Crippen LogP contribution is -2.41. The topological polar surface area (TPSA) is 71.0 Å². The number of ether oxygens (including phenoxy) is 1. The van der Waals surface area contributed by atoms with E-state index in [1.54, 1.807) is 43.3 Å². The van der Waals surface area contributed by atoms with Gasteiger partial charge in [0.2, 0.25) is 23.4 Å². The Kier molecular flexibility index (Phi) is 4.46. The van der Waals surface area contributed by atoms with Crippen LogP contribution in [0.5, 0.6) is 0 Å². The van der Waals surface area contributed by atoms with E-state index in [0.29, 0.717) is 16.8 Å². The Morgan fingerprint density at radius 2 is 1.69 bits per heavy atom. The Bertz CT molecular complexity index is 878. The number of halogens is 1. The van der Waals surface area contributed by atoms with E-state index in [1.807, 2.05) is 0 Å². The molecule has 0 aliphatic carbocycles. The molecule has 1 aliphatic heterocycles. The number of hydrogen-bond donors (Lipinski definition) is 1. The zero-order chi connectivity index (χ0) is 18.9. The van der Waals surface area contributed by atoms with Gasteiger partial charge in [0.25, 0.3) is 0 Å². The Balaban J connectivity index is 1.92. The number of benzene rings is 2. The van der Waals surface area contributed by atoms with E-state index in [9.17, 15) is 14.0 Å². The fourth-order valence-corrected chi connectivity index (χ4v) is 2.77. The molecular formula is C19H18FN3O3. The first-order chi connectivity index (χ1) is 12.3. The van der Waals surface area contributed by atoms with Crippen LogP contribution in [0.1, 0.15) is 31.9 Å². The number of carbonyl (C=O) groups is 2. The average molecular weight is 355 g/mol. The summed E-state index contributed by atoms with van der Waals surface area (Å²) >= 11 is 0. The number of hydrazone groups is 1. The maximum Gasteiger partial charge on any atom is 0.243 e. The van der Waals surface area contributed by atoms with Crippen molar-refractivity contribution in [3.8, 4) is 0 Å². The van der Waals surface area contributed by atoms with Gasteiger partial charge in [0.1, 0.15) is 5.82 Å². The largest absolute Gasteiger partial charge is 0.443 e. The summed E-state index contributed by atoms with van der Waals surface area (Å²) in [5.74, 6) is -0.582. The highest BCUT2D eigenvalue weighted by atomic mass is 19.1. The highest BCUT2D eigenvalue weighted by molar-refractivity contribution is 5.97. The second-order valence-electron chi connectivity index (χ2n) is 6.09. The van der Waals surface area contributed by atoms with Crippen molar-refractivity contribution < 1.29 is 18.7 Å². The molecule has 0 fully saturated rings. The molecule has 2 aromatic rings. The van der Waals surface area contributed by atoms with Crippen LogP contribution in [0.25, 0.3) is 0 Å². The molecule has 0 unspecified atom stereocenters. The maximum absolute atomic E-state index is 13.2. The lowest BCUT2D eigenvalue weighted by molar-refractivity contribution is -0.146. The van der Waals surface area contributed by atoms with Crippen molar-refractivity contribution in [2.75, 3.05) is 5.32 Å². The van der Waals surface area contributed by atoms with Gasteiger partial charge in [-0.25, -0.2) is 4.39 Å². The predicted octanol–water partition coefficient (Wildman–Crippen LogP) is 3.20. The smallest absolute Gasteiger partial charge is 0.243 e. The van der Waals surface area contributed by atoms with Crippen molar-refractivity contribution >= 4 is 23.4 Å². The van der Waals surface area contributed by atoms with E-state index in [1.165, 1.54) is 31.0 Å². The monoisotopic (exact) mass is 355 g/mol. The van der Waals surface area contributed by atoms with Crippen LogP contribution in [0.3, 0.4) is 0 Å². The number of rotatable bonds is 3. The highest BCUT2D eigenvalue weighted by Gasteiger charge is 2.44. The fraction of sp³-hybridized carbons (Fsp3) is 0.211. The first kappa shape index (κ1) is 17.6. The van der Waals surface area contributed by atoms with Gasteiger partial charge in [-0.3, -0.25) is 9.59 Å². The summed E-state index contributed by atoms with van der Waals surface area (Å²) in [6.07, 6.45) is 0. The third kappa shape index (κ3) is 3.28. The van der Waals surface area contributed by atoms with Crippen molar-refractivity contribution in [2.24, 2.45) is 5.10 Å². The summed E-state index contributed by atoms with van der Waals surface area (Å²) in [6.45, 7) is 4.51. The zero-order valence-corrected chi connectivity index (χ0v) is 14.6. The molecule has 1 heterocycles. The van der Waals surface area contributed by atoms with E-state index < -0.39 is 5.72 Å². The predicted molar refractivity (Wildman–Crippen MR) is 94.6 cm³/mol. The van der Waals surface area contributed by atoms with Crippen LogP contribution in [0.2, 0.25) is 0 Å². The van der Waals surface area contributed by atoms with Gasteiger partial charge in [0, 0.05) is 37.6 Å². The van der Waals surface area contributed by atoms with Crippen LogP contribution in [0.15, 0.2) is 53.6 Å². The molecule has 1 aliphatic rings. The van der Waals surface area contributed by atoms with Crippen LogP contribution in [-0.2, 0) is 20.1 Å². The van der Waals surface area contributed by atoms with Crippen molar-refractivity contribution in [3.05, 3.63) is 65.5 Å². The molecule has 2 aromatic carbocycles.